The first-order valence-electron chi connectivity index (χ1n) is 9.36. The van der Waals surface area contributed by atoms with Crippen molar-refractivity contribution in [2.75, 3.05) is 0 Å². The van der Waals surface area contributed by atoms with Gasteiger partial charge in [-0.25, -0.2) is 4.98 Å². The van der Waals surface area contributed by atoms with Gasteiger partial charge in [0.15, 0.2) is 5.69 Å². The first-order chi connectivity index (χ1) is 14.2. The summed E-state index contributed by atoms with van der Waals surface area (Å²) in [5, 5.41) is 0.527. The molecule has 1 aliphatic carbocycles. The van der Waals surface area contributed by atoms with Crippen LogP contribution in [0.4, 0.5) is 13.2 Å². The monoisotopic (exact) mass is 432 g/mol. The number of aromatic nitrogens is 2. The lowest BCUT2D eigenvalue weighted by Crippen LogP contribution is -2.42. The van der Waals surface area contributed by atoms with Crippen LogP contribution in [-0.2, 0) is 24.6 Å². The quantitative estimate of drug-likeness (QED) is 0.709. The standard InChI is InChI=1S/C21H16ClF3N4O/c1-28-11-16(21(23,24)25)27-18(28)13-4-2-12(3-5-13)9-29-10-14-15(22)8-26-17(14)20(6-7-20)19(29)30/h2-5,8,10-11H,6-7,9H2,1H3. The van der Waals surface area contributed by atoms with E-state index in [4.69, 9.17) is 11.6 Å². The number of halogens is 4. The number of nitrogens with zero attached hydrogens (tertiary/aromatic N) is 4. The third-order valence-electron chi connectivity index (χ3n) is 5.71. The van der Waals surface area contributed by atoms with Crippen LogP contribution >= 0.6 is 11.6 Å². The zero-order valence-corrected chi connectivity index (χ0v) is 16.6. The van der Waals surface area contributed by atoms with Crippen molar-refractivity contribution in [2.24, 2.45) is 17.5 Å². The van der Waals surface area contributed by atoms with E-state index in [0.717, 1.165) is 35.9 Å². The fraction of sp³-hybridized carbons (Fsp3) is 0.286. The van der Waals surface area contributed by atoms with Gasteiger partial charge in [-0.3, -0.25) is 9.79 Å². The summed E-state index contributed by atoms with van der Waals surface area (Å²) in [4.78, 5) is 22.7. The van der Waals surface area contributed by atoms with E-state index in [2.05, 4.69) is 9.98 Å². The van der Waals surface area contributed by atoms with Crippen molar-refractivity contribution >= 4 is 23.2 Å². The zero-order chi connectivity index (χ0) is 21.3. The Balaban J connectivity index is 1.40. The predicted octanol–water partition coefficient (Wildman–Crippen LogP) is 4.65. The second-order valence-corrected chi connectivity index (χ2v) is 8.18. The molecule has 5 nitrogen and oxygen atoms in total. The zero-order valence-electron chi connectivity index (χ0n) is 15.9. The molecule has 1 saturated carbocycles. The number of carbonyl (C=O) groups is 1. The number of carbonyl (C=O) groups excluding carboxylic acids is 1. The number of hydrogen-bond acceptors (Lipinski definition) is 3. The van der Waals surface area contributed by atoms with E-state index >= 15 is 0 Å². The highest BCUT2D eigenvalue weighted by atomic mass is 35.5. The largest absolute Gasteiger partial charge is 0.434 e. The Morgan fingerprint density at radius 1 is 1.20 bits per heavy atom. The summed E-state index contributed by atoms with van der Waals surface area (Å²) in [5.74, 6) is 0.235. The molecule has 154 valence electrons. The van der Waals surface area contributed by atoms with Gasteiger partial charge in [0, 0.05) is 36.8 Å². The van der Waals surface area contributed by atoms with Crippen molar-refractivity contribution in [3.05, 3.63) is 64.7 Å². The maximum atomic E-state index is 13.0. The molecule has 5 rings (SSSR count). The van der Waals surface area contributed by atoms with Crippen molar-refractivity contribution in [1.29, 1.82) is 0 Å². The minimum atomic E-state index is -4.49. The average molecular weight is 433 g/mol. The molecule has 1 fully saturated rings. The van der Waals surface area contributed by atoms with Crippen LogP contribution in [-0.4, -0.2) is 26.1 Å². The average Bonchev–Trinajstić information content (AvgIpc) is 3.25. The number of alkyl halides is 3. The van der Waals surface area contributed by atoms with Crippen molar-refractivity contribution in [3.63, 3.8) is 0 Å². The molecule has 1 spiro atoms. The topological polar surface area (TPSA) is 50.5 Å². The second-order valence-electron chi connectivity index (χ2n) is 7.77. The van der Waals surface area contributed by atoms with Crippen LogP contribution in [0.5, 0.6) is 0 Å². The molecule has 30 heavy (non-hydrogen) atoms. The molecule has 2 aliphatic heterocycles. The molecule has 1 amide bonds. The number of aliphatic imine (C=N–C) groups is 1. The Labute approximate surface area is 175 Å². The SMILES string of the molecule is Cn1cc(C(F)(F)F)nc1-c1ccc(CN2C=C3C(Cl)=CN=C3C3(CC3)C2=O)cc1. The van der Waals surface area contributed by atoms with Crippen LogP contribution in [0.1, 0.15) is 24.1 Å². The molecule has 3 heterocycles. The van der Waals surface area contributed by atoms with Crippen molar-refractivity contribution in [1.82, 2.24) is 14.5 Å². The van der Waals surface area contributed by atoms with Gasteiger partial charge < -0.3 is 9.47 Å². The fourth-order valence-electron chi connectivity index (χ4n) is 3.99. The summed E-state index contributed by atoms with van der Waals surface area (Å²) in [6.45, 7) is 0.343. The number of hydrogen-bond donors (Lipinski definition) is 0. The van der Waals surface area contributed by atoms with Gasteiger partial charge in [0.25, 0.3) is 0 Å². The van der Waals surface area contributed by atoms with Crippen LogP contribution in [0.25, 0.3) is 11.4 Å². The van der Waals surface area contributed by atoms with E-state index in [1.807, 2.05) is 0 Å². The van der Waals surface area contributed by atoms with Gasteiger partial charge in [-0.1, -0.05) is 35.9 Å². The van der Waals surface area contributed by atoms with E-state index < -0.39 is 17.3 Å². The molecule has 0 atom stereocenters. The number of fused-ring (bicyclic) bond motifs is 2. The number of rotatable bonds is 3. The van der Waals surface area contributed by atoms with Crippen molar-refractivity contribution in [2.45, 2.75) is 25.6 Å². The number of benzene rings is 1. The number of amides is 1. The minimum Gasteiger partial charge on any atom is -0.333 e. The van der Waals surface area contributed by atoms with Gasteiger partial charge in [0.1, 0.15) is 5.82 Å². The van der Waals surface area contributed by atoms with Gasteiger partial charge in [0.2, 0.25) is 5.91 Å². The van der Waals surface area contributed by atoms with Crippen LogP contribution in [0.3, 0.4) is 0 Å². The highest BCUT2D eigenvalue weighted by molar-refractivity contribution is 6.39. The summed E-state index contributed by atoms with van der Waals surface area (Å²) in [7, 11) is 1.52. The second kappa shape index (κ2) is 6.31. The molecule has 0 unspecified atom stereocenters. The third-order valence-corrected chi connectivity index (χ3v) is 6.01. The maximum Gasteiger partial charge on any atom is 0.434 e. The Bertz CT molecular complexity index is 1150. The van der Waals surface area contributed by atoms with Gasteiger partial charge in [-0.05, 0) is 18.4 Å². The number of imidazole rings is 1. The summed E-state index contributed by atoms with van der Waals surface area (Å²) >= 11 is 6.25. The summed E-state index contributed by atoms with van der Waals surface area (Å²) in [6, 6.07) is 7.00. The molecule has 1 aromatic heterocycles. The number of aryl methyl sites for hydroxylation is 1. The van der Waals surface area contributed by atoms with Gasteiger partial charge in [-0.2, -0.15) is 13.2 Å². The molecule has 0 bridgehead atoms. The third kappa shape index (κ3) is 2.89. The van der Waals surface area contributed by atoms with Gasteiger partial charge >= 0.3 is 6.18 Å². The number of allylic oxidation sites excluding steroid dienone is 2. The molecule has 2 aromatic rings. The Morgan fingerprint density at radius 3 is 2.50 bits per heavy atom. The maximum absolute atomic E-state index is 13.0. The molecule has 0 radical (unpaired) electrons. The lowest BCUT2D eigenvalue weighted by atomic mass is 9.89. The molecular weight excluding hydrogens is 417 g/mol. The lowest BCUT2D eigenvalue weighted by Gasteiger charge is -2.30. The molecule has 0 N–H and O–H groups in total. The molecule has 1 aromatic carbocycles. The van der Waals surface area contributed by atoms with Gasteiger partial charge in [-0.15, -0.1) is 0 Å². The van der Waals surface area contributed by atoms with Gasteiger partial charge in [0.05, 0.1) is 22.7 Å². The summed E-state index contributed by atoms with van der Waals surface area (Å²) in [6.07, 6.45) is 1.31. The minimum absolute atomic E-state index is 0.00719. The predicted molar refractivity (Wildman–Crippen MR) is 105 cm³/mol. The van der Waals surface area contributed by atoms with E-state index in [0.29, 0.717) is 17.1 Å². The lowest BCUT2D eigenvalue weighted by molar-refractivity contribution is -0.141. The van der Waals surface area contributed by atoms with E-state index in [9.17, 15) is 18.0 Å². The Kier molecular flexibility index (Phi) is 4.02. The Morgan fingerprint density at radius 2 is 1.90 bits per heavy atom. The van der Waals surface area contributed by atoms with Crippen LogP contribution < -0.4 is 0 Å². The van der Waals surface area contributed by atoms with Crippen LogP contribution in [0, 0.1) is 5.41 Å². The van der Waals surface area contributed by atoms with Crippen molar-refractivity contribution < 1.29 is 18.0 Å². The van der Waals surface area contributed by atoms with Crippen molar-refractivity contribution in [3.8, 4) is 11.4 Å². The van der Waals surface area contributed by atoms with E-state index in [1.165, 1.54) is 11.6 Å². The van der Waals surface area contributed by atoms with Crippen LogP contribution in [0.15, 0.2) is 58.5 Å². The molecule has 9 heteroatoms. The van der Waals surface area contributed by atoms with E-state index in [-0.39, 0.29) is 11.7 Å². The first kappa shape index (κ1) is 19.1. The van der Waals surface area contributed by atoms with E-state index in [1.54, 1.807) is 41.6 Å². The smallest absolute Gasteiger partial charge is 0.333 e. The molecule has 3 aliphatic rings. The Hall–Kier alpha value is -2.87. The normalized spacial score (nSPS) is 19.6. The first-order valence-corrected chi connectivity index (χ1v) is 9.74. The van der Waals surface area contributed by atoms with Crippen LogP contribution in [0.2, 0.25) is 0 Å². The molecule has 0 saturated heterocycles. The summed E-state index contributed by atoms with van der Waals surface area (Å²) in [5.41, 5.74) is 1.48. The highest BCUT2D eigenvalue weighted by Gasteiger charge is 2.59. The fourth-order valence-corrected chi connectivity index (χ4v) is 4.18. The summed E-state index contributed by atoms with van der Waals surface area (Å²) < 4.78 is 40.1. The highest BCUT2D eigenvalue weighted by Crippen LogP contribution is 2.54. The molecular formula is C21H16ClF3N4O.